The summed E-state index contributed by atoms with van der Waals surface area (Å²) in [6, 6.07) is 2.29. The molecule has 2 aliphatic rings. The van der Waals surface area contributed by atoms with Crippen molar-refractivity contribution in [1.82, 2.24) is 29.8 Å². The first kappa shape index (κ1) is 24.0. The van der Waals surface area contributed by atoms with Crippen molar-refractivity contribution in [2.24, 2.45) is 5.41 Å². The fourth-order valence-corrected chi connectivity index (χ4v) is 5.15. The Morgan fingerprint density at radius 2 is 1.94 bits per heavy atom. The summed E-state index contributed by atoms with van der Waals surface area (Å²) in [6.45, 7) is 4.11. The van der Waals surface area contributed by atoms with Crippen molar-refractivity contribution < 1.29 is 14.2 Å². The number of hydrogen-bond acceptors (Lipinski definition) is 11. The van der Waals surface area contributed by atoms with Gasteiger partial charge < -0.3 is 19.5 Å². The van der Waals surface area contributed by atoms with Crippen molar-refractivity contribution in [3.8, 4) is 16.6 Å². The van der Waals surface area contributed by atoms with Gasteiger partial charge in [0.15, 0.2) is 5.13 Å². The first-order valence-corrected chi connectivity index (χ1v) is 12.7. The average molecular weight is 498 g/mol. The van der Waals surface area contributed by atoms with E-state index in [-0.39, 0.29) is 6.10 Å². The van der Waals surface area contributed by atoms with E-state index in [9.17, 15) is 0 Å². The number of methoxy groups -OCH3 is 1. The summed E-state index contributed by atoms with van der Waals surface area (Å²) in [5.41, 5.74) is 2.23. The van der Waals surface area contributed by atoms with Crippen molar-refractivity contribution in [3.05, 3.63) is 36.4 Å². The van der Waals surface area contributed by atoms with Gasteiger partial charge in [-0.05, 0) is 38.8 Å². The van der Waals surface area contributed by atoms with E-state index in [0.29, 0.717) is 29.1 Å². The SMILES string of the molecule is COCCN(C)Cc1cnc(Nc2ncc(-c3ccnc(OC4CCC5(CC4)COC5)n3)s2)nc1. The lowest BCUT2D eigenvalue weighted by Crippen LogP contribution is -2.46. The van der Waals surface area contributed by atoms with Crippen molar-refractivity contribution in [2.45, 2.75) is 38.3 Å². The molecule has 4 heterocycles. The van der Waals surface area contributed by atoms with Gasteiger partial charge in [-0.25, -0.2) is 19.9 Å². The largest absolute Gasteiger partial charge is 0.460 e. The van der Waals surface area contributed by atoms with Gasteiger partial charge in [0.2, 0.25) is 5.95 Å². The standard InChI is InChI=1S/C24H31N7O3S/c1-31(9-10-32-2)14-17-11-26-21(27-12-17)30-23-28-13-20(35-23)19-5-8-25-22(29-19)34-18-3-6-24(7-4-18)15-33-16-24/h5,8,11-13,18H,3-4,6-7,9-10,14-16H2,1-2H3,(H,26,27,28,30). The number of nitrogens with zero attached hydrogens (tertiary/aromatic N) is 6. The summed E-state index contributed by atoms with van der Waals surface area (Å²) in [5.74, 6) is 0.507. The molecule has 35 heavy (non-hydrogen) atoms. The molecule has 0 bridgehead atoms. The summed E-state index contributed by atoms with van der Waals surface area (Å²) in [5, 5.41) is 3.87. The van der Waals surface area contributed by atoms with Crippen LogP contribution in [-0.4, -0.2) is 76.4 Å². The summed E-state index contributed by atoms with van der Waals surface area (Å²) in [7, 11) is 3.75. The molecule has 11 heteroatoms. The van der Waals surface area contributed by atoms with E-state index in [1.54, 1.807) is 19.5 Å². The van der Waals surface area contributed by atoms with Crippen LogP contribution in [0.1, 0.15) is 31.2 Å². The van der Waals surface area contributed by atoms with E-state index < -0.39 is 0 Å². The molecule has 1 N–H and O–H groups in total. The van der Waals surface area contributed by atoms with Crippen LogP contribution < -0.4 is 10.1 Å². The Labute approximate surface area is 209 Å². The van der Waals surface area contributed by atoms with Gasteiger partial charge in [0.25, 0.3) is 0 Å². The maximum atomic E-state index is 6.12. The fourth-order valence-electron chi connectivity index (χ4n) is 4.37. The molecule has 5 rings (SSSR count). The van der Waals surface area contributed by atoms with Gasteiger partial charge in [-0.2, -0.15) is 4.98 Å². The molecule has 3 aromatic heterocycles. The second-order valence-corrected chi connectivity index (χ2v) is 10.4. The van der Waals surface area contributed by atoms with Crippen LogP contribution in [0.2, 0.25) is 0 Å². The Morgan fingerprint density at radius 3 is 2.66 bits per heavy atom. The predicted molar refractivity (Wildman–Crippen MR) is 133 cm³/mol. The lowest BCUT2D eigenvalue weighted by Gasteiger charge is -2.45. The maximum Gasteiger partial charge on any atom is 0.317 e. The summed E-state index contributed by atoms with van der Waals surface area (Å²) in [6.07, 6.45) is 11.7. The Hall–Kier alpha value is -2.73. The van der Waals surface area contributed by atoms with Gasteiger partial charge in [0.05, 0.1) is 30.4 Å². The highest BCUT2D eigenvalue weighted by molar-refractivity contribution is 7.18. The number of ether oxygens (including phenoxy) is 3. The fraction of sp³-hybridized carbons (Fsp3) is 0.542. The van der Waals surface area contributed by atoms with Crippen LogP contribution in [0.3, 0.4) is 0 Å². The first-order valence-electron chi connectivity index (χ1n) is 11.9. The number of hydrogen-bond donors (Lipinski definition) is 1. The third-order valence-corrected chi connectivity index (χ3v) is 7.46. The van der Waals surface area contributed by atoms with E-state index in [0.717, 1.165) is 68.1 Å². The maximum absolute atomic E-state index is 6.12. The molecular formula is C24H31N7O3S. The minimum atomic E-state index is 0.162. The van der Waals surface area contributed by atoms with Crippen molar-refractivity contribution >= 4 is 22.4 Å². The molecule has 2 fully saturated rings. The highest BCUT2D eigenvalue weighted by atomic mass is 32.1. The van der Waals surface area contributed by atoms with Crippen LogP contribution in [0.15, 0.2) is 30.9 Å². The van der Waals surface area contributed by atoms with Gasteiger partial charge in [-0.3, -0.25) is 4.90 Å². The van der Waals surface area contributed by atoms with E-state index in [1.807, 2.05) is 25.5 Å². The van der Waals surface area contributed by atoms with Crippen LogP contribution in [0.4, 0.5) is 11.1 Å². The number of anilines is 2. The molecule has 0 aromatic carbocycles. The number of aromatic nitrogens is 5. The molecule has 186 valence electrons. The number of rotatable bonds is 10. The molecule has 1 aliphatic heterocycles. The molecule has 3 aromatic rings. The lowest BCUT2D eigenvalue weighted by molar-refractivity contribution is -0.140. The molecule has 1 aliphatic carbocycles. The molecule has 1 spiro atoms. The molecule has 0 amide bonds. The molecule has 10 nitrogen and oxygen atoms in total. The van der Waals surface area contributed by atoms with Gasteiger partial charge in [0, 0.05) is 56.0 Å². The summed E-state index contributed by atoms with van der Waals surface area (Å²) >= 11 is 1.49. The Kier molecular flexibility index (Phi) is 7.47. The van der Waals surface area contributed by atoms with Gasteiger partial charge in [-0.15, -0.1) is 0 Å². The van der Waals surface area contributed by atoms with Crippen molar-refractivity contribution in [2.75, 3.05) is 45.8 Å². The second-order valence-electron chi connectivity index (χ2n) is 9.33. The van der Waals surface area contributed by atoms with E-state index in [4.69, 9.17) is 14.2 Å². The number of likely N-dealkylation sites (N-methyl/N-ethyl adjacent to an activating group) is 1. The highest BCUT2D eigenvalue weighted by Gasteiger charge is 2.42. The first-order chi connectivity index (χ1) is 17.1. The smallest absolute Gasteiger partial charge is 0.317 e. The third kappa shape index (κ3) is 6.10. The van der Waals surface area contributed by atoms with Gasteiger partial charge in [-0.1, -0.05) is 11.3 Å². The zero-order chi connectivity index (χ0) is 24.1. The molecular weight excluding hydrogens is 466 g/mol. The molecule has 0 unspecified atom stereocenters. The quantitative estimate of drug-likeness (QED) is 0.447. The van der Waals surface area contributed by atoms with Crippen LogP contribution in [0, 0.1) is 5.41 Å². The van der Waals surface area contributed by atoms with E-state index >= 15 is 0 Å². The van der Waals surface area contributed by atoms with Crippen molar-refractivity contribution in [3.63, 3.8) is 0 Å². The Morgan fingerprint density at radius 1 is 1.14 bits per heavy atom. The van der Waals surface area contributed by atoms with Crippen LogP contribution >= 0.6 is 11.3 Å². The molecule has 1 saturated heterocycles. The highest BCUT2D eigenvalue weighted by Crippen LogP contribution is 2.43. The molecule has 0 atom stereocenters. The normalized spacial score (nSPS) is 17.5. The van der Waals surface area contributed by atoms with Gasteiger partial charge in [0.1, 0.15) is 6.10 Å². The van der Waals surface area contributed by atoms with E-state index in [2.05, 4.69) is 35.1 Å². The van der Waals surface area contributed by atoms with Crippen LogP contribution in [0.5, 0.6) is 6.01 Å². The minimum Gasteiger partial charge on any atom is -0.460 e. The second kappa shape index (κ2) is 10.9. The molecule has 1 saturated carbocycles. The third-order valence-electron chi connectivity index (χ3n) is 6.53. The predicted octanol–water partition coefficient (Wildman–Crippen LogP) is 3.55. The zero-order valence-corrected chi connectivity index (χ0v) is 21.0. The Bertz CT molecular complexity index is 1100. The monoisotopic (exact) mass is 497 g/mol. The van der Waals surface area contributed by atoms with E-state index in [1.165, 1.54) is 11.3 Å². The Balaban J connectivity index is 1.16. The summed E-state index contributed by atoms with van der Waals surface area (Å²) < 4.78 is 16.6. The number of nitrogens with one attached hydrogen (secondary N) is 1. The molecule has 0 radical (unpaired) electrons. The van der Waals surface area contributed by atoms with Crippen molar-refractivity contribution in [1.29, 1.82) is 0 Å². The average Bonchev–Trinajstić information content (AvgIpc) is 3.32. The van der Waals surface area contributed by atoms with Crippen LogP contribution in [0.25, 0.3) is 10.6 Å². The summed E-state index contributed by atoms with van der Waals surface area (Å²) in [4.78, 5) is 25.3. The topological polar surface area (TPSA) is 107 Å². The zero-order valence-electron chi connectivity index (χ0n) is 20.1. The lowest BCUT2D eigenvalue weighted by atomic mass is 9.72. The van der Waals surface area contributed by atoms with Crippen LogP contribution in [-0.2, 0) is 16.0 Å². The minimum absolute atomic E-state index is 0.162. The number of thiazole rings is 1. The van der Waals surface area contributed by atoms with Gasteiger partial charge >= 0.3 is 6.01 Å².